The number of hydrogen-bond donors (Lipinski definition) is 0. The summed E-state index contributed by atoms with van der Waals surface area (Å²) in [7, 11) is 0. The van der Waals surface area contributed by atoms with Gasteiger partial charge >= 0.3 is 6.18 Å². The zero-order valence-electron chi connectivity index (χ0n) is 8.55. The Labute approximate surface area is 102 Å². The van der Waals surface area contributed by atoms with E-state index in [9.17, 15) is 13.2 Å². The van der Waals surface area contributed by atoms with E-state index in [1.165, 1.54) is 6.07 Å². The van der Waals surface area contributed by atoms with Gasteiger partial charge in [0.2, 0.25) is 0 Å². The second-order valence-electron chi connectivity index (χ2n) is 3.46. The molecular formula is C13H7ClF3. The van der Waals surface area contributed by atoms with Crippen LogP contribution < -0.4 is 0 Å². The van der Waals surface area contributed by atoms with Gasteiger partial charge in [-0.1, -0.05) is 48.0 Å². The molecule has 0 unspecified atom stereocenters. The Bertz CT molecular complexity index is 518. The molecule has 0 nitrogen and oxygen atoms in total. The fraction of sp³-hybridized carbons (Fsp3) is 0.0769. The van der Waals surface area contributed by atoms with Gasteiger partial charge in [-0.3, -0.25) is 0 Å². The van der Waals surface area contributed by atoms with E-state index >= 15 is 0 Å². The monoisotopic (exact) mass is 255 g/mol. The Morgan fingerprint density at radius 3 is 2.12 bits per heavy atom. The van der Waals surface area contributed by atoms with Crippen molar-refractivity contribution in [1.29, 1.82) is 0 Å². The standard InChI is InChI=1S/C13H7ClF3/c14-12-8-10(13(15,16)17)6-7-11(12)9-4-2-1-3-5-9/h1-7H. The van der Waals surface area contributed by atoms with Crippen LogP contribution in [0.2, 0.25) is 5.02 Å². The normalized spacial score (nSPS) is 11.5. The predicted molar refractivity (Wildman–Crippen MR) is 60.7 cm³/mol. The van der Waals surface area contributed by atoms with Crippen molar-refractivity contribution in [2.24, 2.45) is 0 Å². The third kappa shape index (κ3) is 2.61. The molecular weight excluding hydrogens is 249 g/mol. The van der Waals surface area contributed by atoms with Crippen LogP contribution in [-0.4, -0.2) is 0 Å². The SMILES string of the molecule is FC(F)(F)c1[c]c(Cl)c(-c2ccccc2)cc1. The molecule has 0 saturated heterocycles. The van der Waals surface area contributed by atoms with Gasteiger partial charge < -0.3 is 0 Å². The molecule has 2 rings (SSSR count). The number of halogens is 4. The van der Waals surface area contributed by atoms with Crippen LogP contribution in [0.25, 0.3) is 11.1 Å². The van der Waals surface area contributed by atoms with Crippen LogP contribution in [0, 0.1) is 6.07 Å². The summed E-state index contributed by atoms with van der Waals surface area (Å²) in [6.07, 6.45) is -4.42. The van der Waals surface area contributed by atoms with Crippen molar-refractivity contribution in [1.82, 2.24) is 0 Å². The third-order valence-electron chi connectivity index (χ3n) is 2.29. The van der Waals surface area contributed by atoms with Crippen LogP contribution in [0.15, 0.2) is 42.5 Å². The second kappa shape index (κ2) is 4.41. The van der Waals surface area contributed by atoms with Gasteiger partial charge in [-0.05, 0) is 11.6 Å². The van der Waals surface area contributed by atoms with Crippen LogP contribution >= 0.6 is 11.6 Å². The first-order valence-electron chi connectivity index (χ1n) is 4.83. The second-order valence-corrected chi connectivity index (χ2v) is 3.84. The molecule has 0 aromatic heterocycles. The summed E-state index contributed by atoms with van der Waals surface area (Å²) in [5.41, 5.74) is 0.449. The number of hydrogen-bond acceptors (Lipinski definition) is 0. The van der Waals surface area contributed by atoms with Gasteiger partial charge in [0, 0.05) is 11.6 Å². The van der Waals surface area contributed by atoms with Crippen LogP contribution in [0.5, 0.6) is 0 Å². The molecule has 0 aliphatic heterocycles. The quantitative estimate of drug-likeness (QED) is 0.685. The molecule has 0 aliphatic rings. The molecule has 2 aromatic carbocycles. The topological polar surface area (TPSA) is 0 Å². The van der Waals surface area contributed by atoms with E-state index < -0.39 is 11.7 Å². The van der Waals surface area contributed by atoms with Gasteiger partial charge in [0.05, 0.1) is 10.6 Å². The lowest BCUT2D eigenvalue weighted by Crippen LogP contribution is -2.04. The van der Waals surface area contributed by atoms with Crippen molar-refractivity contribution in [3.05, 3.63) is 59.1 Å². The number of alkyl halides is 3. The summed E-state index contributed by atoms with van der Waals surface area (Å²) in [6, 6.07) is 13.5. The van der Waals surface area contributed by atoms with E-state index in [1.54, 1.807) is 24.3 Å². The lowest BCUT2D eigenvalue weighted by molar-refractivity contribution is -0.137. The maximum atomic E-state index is 12.4. The van der Waals surface area contributed by atoms with Crippen molar-refractivity contribution in [3.8, 4) is 11.1 Å². The van der Waals surface area contributed by atoms with E-state index in [4.69, 9.17) is 11.6 Å². The molecule has 0 spiro atoms. The zero-order chi connectivity index (χ0) is 12.5. The highest BCUT2D eigenvalue weighted by atomic mass is 35.5. The number of rotatable bonds is 1. The minimum absolute atomic E-state index is 0.0222. The summed E-state index contributed by atoms with van der Waals surface area (Å²) in [4.78, 5) is 0. The lowest BCUT2D eigenvalue weighted by atomic mass is 10.0. The van der Waals surface area contributed by atoms with Crippen molar-refractivity contribution < 1.29 is 13.2 Å². The highest BCUT2D eigenvalue weighted by Gasteiger charge is 2.31. The van der Waals surface area contributed by atoms with Gasteiger partial charge in [-0.15, -0.1) is 0 Å². The van der Waals surface area contributed by atoms with Crippen molar-refractivity contribution in [2.75, 3.05) is 0 Å². The Morgan fingerprint density at radius 2 is 1.59 bits per heavy atom. The Balaban J connectivity index is 2.46. The van der Waals surface area contributed by atoms with Gasteiger partial charge in [-0.2, -0.15) is 13.2 Å². The van der Waals surface area contributed by atoms with E-state index in [2.05, 4.69) is 6.07 Å². The van der Waals surface area contributed by atoms with Gasteiger partial charge in [-0.25, -0.2) is 0 Å². The van der Waals surface area contributed by atoms with E-state index in [1.807, 2.05) is 6.07 Å². The summed E-state index contributed by atoms with van der Waals surface area (Å²) in [6.45, 7) is 0. The van der Waals surface area contributed by atoms with E-state index in [0.29, 0.717) is 5.56 Å². The fourth-order valence-electron chi connectivity index (χ4n) is 1.47. The zero-order valence-corrected chi connectivity index (χ0v) is 9.31. The Morgan fingerprint density at radius 1 is 0.941 bits per heavy atom. The molecule has 87 valence electrons. The molecule has 0 amide bonds. The Kier molecular flexibility index (Phi) is 3.11. The summed E-state index contributed by atoms with van der Waals surface area (Å²) < 4.78 is 37.2. The van der Waals surface area contributed by atoms with Gasteiger partial charge in [0.25, 0.3) is 0 Å². The largest absolute Gasteiger partial charge is 0.417 e. The molecule has 0 atom stereocenters. The maximum Gasteiger partial charge on any atom is 0.417 e. The molecule has 4 heteroatoms. The first-order valence-corrected chi connectivity index (χ1v) is 5.21. The van der Waals surface area contributed by atoms with Crippen molar-refractivity contribution >= 4 is 11.6 Å². The van der Waals surface area contributed by atoms with Crippen molar-refractivity contribution in [3.63, 3.8) is 0 Å². The highest BCUT2D eigenvalue weighted by Crippen LogP contribution is 2.34. The first kappa shape index (κ1) is 12.0. The summed E-state index contributed by atoms with van der Waals surface area (Å²) in [5, 5.41) is -0.0222. The molecule has 17 heavy (non-hydrogen) atoms. The van der Waals surface area contributed by atoms with Crippen molar-refractivity contribution in [2.45, 2.75) is 6.18 Å². The lowest BCUT2D eigenvalue weighted by Gasteiger charge is -2.09. The summed E-state index contributed by atoms with van der Waals surface area (Å²) >= 11 is 5.81. The predicted octanol–water partition coefficient (Wildman–Crippen LogP) is 4.83. The van der Waals surface area contributed by atoms with E-state index in [-0.39, 0.29) is 5.02 Å². The van der Waals surface area contributed by atoms with E-state index in [0.717, 1.165) is 11.6 Å². The molecule has 0 aliphatic carbocycles. The maximum absolute atomic E-state index is 12.4. The van der Waals surface area contributed by atoms with Crippen LogP contribution in [0.3, 0.4) is 0 Å². The average Bonchev–Trinajstić information content (AvgIpc) is 2.29. The molecule has 0 bridgehead atoms. The van der Waals surface area contributed by atoms with Crippen LogP contribution in [0.4, 0.5) is 13.2 Å². The molecule has 1 radical (unpaired) electrons. The van der Waals surface area contributed by atoms with Gasteiger partial charge in [0.1, 0.15) is 0 Å². The molecule has 0 fully saturated rings. The van der Waals surface area contributed by atoms with Gasteiger partial charge in [0.15, 0.2) is 0 Å². The minimum Gasteiger partial charge on any atom is -0.166 e. The fourth-order valence-corrected chi connectivity index (χ4v) is 1.75. The van der Waals surface area contributed by atoms with Crippen LogP contribution in [-0.2, 0) is 6.18 Å². The first-order chi connectivity index (χ1) is 7.98. The summed E-state index contributed by atoms with van der Waals surface area (Å²) in [5.74, 6) is 0. The molecule has 0 saturated carbocycles. The smallest absolute Gasteiger partial charge is 0.166 e. The average molecular weight is 256 g/mol. The highest BCUT2D eigenvalue weighted by molar-refractivity contribution is 6.33. The van der Waals surface area contributed by atoms with Crippen LogP contribution in [0.1, 0.15) is 5.56 Å². The number of benzene rings is 2. The molecule has 0 heterocycles. The molecule has 0 N–H and O–H groups in total. The Hall–Kier alpha value is -1.48. The minimum atomic E-state index is -4.42. The third-order valence-corrected chi connectivity index (χ3v) is 2.59. The molecule has 2 aromatic rings.